The van der Waals surface area contributed by atoms with Gasteiger partial charge in [0, 0.05) is 0 Å². The van der Waals surface area contributed by atoms with Gasteiger partial charge in [0.05, 0.1) is 0 Å². The van der Waals surface area contributed by atoms with E-state index in [4.69, 9.17) is 0 Å². The van der Waals surface area contributed by atoms with Crippen LogP contribution in [0.5, 0.6) is 0 Å². The predicted molar refractivity (Wildman–Crippen MR) is 78.9 cm³/mol. The van der Waals surface area contributed by atoms with Crippen LogP contribution in [0.3, 0.4) is 0 Å². The van der Waals surface area contributed by atoms with Crippen LogP contribution in [-0.4, -0.2) is 77.5 Å². The van der Waals surface area contributed by atoms with Gasteiger partial charge in [-0.25, -0.2) is 0 Å². The van der Waals surface area contributed by atoms with Gasteiger partial charge in [-0.3, -0.25) is 0 Å². The second kappa shape index (κ2) is 7.71. The Morgan fingerprint density at radius 1 is 0.895 bits per heavy atom. The van der Waals surface area contributed by atoms with Crippen LogP contribution in [0.25, 0.3) is 0 Å². The molecule has 0 spiro atoms. The molecule has 0 unspecified atom stereocenters. The van der Waals surface area contributed by atoms with Crippen molar-refractivity contribution < 1.29 is 9.59 Å². The van der Waals surface area contributed by atoms with E-state index < -0.39 is 0 Å². The summed E-state index contributed by atoms with van der Waals surface area (Å²) in [5.41, 5.74) is 1.09. The van der Waals surface area contributed by atoms with E-state index in [0.717, 1.165) is 5.56 Å². The molecule has 104 valence electrons. The summed E-state index contributed by atoms with van der Waals surface area (Å²) in [6, 6.07) is 9.85. The monoisotopic (exact) mass is 394 g/mol. The minimum absolute atomic E-state index is 0.0611. The van der Waals surface area contributed by atoms with Gasteiger partial charge >= 0.3 is 127 Å². The topological polar surface area (TPSA) is 40.6 Å². The Kier molecular flexibility index (Phi) is 6.59. The van der Waals surface area contributed by atoms with Crippen molar-refractivity contribution in [3.05, 3.63) is 35.9 Å². The normalized spacial score (nSPS) is 10.4. The fourth-order valence-corrected chi connectivity index (χ4v) is 6.47. The maximum absolute atomic E-state index is 11.9. The summed E-state index contributed by atoms with van der Waals surface area (Å²) in [5.74, 6) is 0. The summed E-state index contributed by atoms with van der Waals surface area (Å²) in [7, 11) is 7.03. The molecular formula is C13H18N2O2Se2. The Bertz CT molecular complexity index is 414. The molecule has 2 amide bonds. The van der Waals surface area contributed by atoms with E-state index in [1.54, 1.807) is 38.0 Å². The fraction of sp³-hybridized carbons (Fsp3) is 0.385. The predicted octanol–water partition coefficient (Wildman–Crippen LogP) is 1.46. The molecule has 0 saturated heterocycles. The molecule has 0 aromatic heterocycles. The van der Waals surface area contributed by atoms with Gasteiger partial charge in [0.25, 0.3) is 0 Å². The van der Waals surface area contributed by atoms with Crippen molar-refractivity contribution in [3.8, 4) is 0 Å². The maximum atomic E-state index is 11.9. The first-order valence-corrected chi connectivity index (χ1v) is 9.41. The van der Waals surface area contributed by atoms with E-state index in [-0.39, 0.29) is 43.2 Å². The summed E-state index contributed by atoms with van der Waals surface area (Å²) in [6.07, 6.45) is 0. The van der Waals surface area contributed by atoms with Crippen LogP contribution in [0, 0.1) is 0 Å². The van der Waals surface area contributed by atoms with Gasteiger partial charge in [0.2, 0.25) is 0 Å². The van der Waals surface area contributed by atoms with Crippen molar-refractivity contribution in [3.63, 3.8) is 0 Å². The molecule has 1 aromatic rings. The molecule has 0 bridgehead atoms. The van der Waals surface area contributed by atoms with Gasteiger partial charge in [0.1, 0.15) is 0 Å². The Morgan fingerprint density at radius 3 is 1.68 bits per heavy atom. The third-order valence-corrected chi connectivity index (χ3v) is 8.73. The van der Waals surface area contributed by atoms with Crippen molar-refractivity contribution in [2.45, 2.75) is 3.71 Å². The van der Waals surface area contributed by atoms with Crippen molar-refractivity contribution >= 4 is 39.5 Å². The fourth-order valence-electron chi connectivity index (χ4n) is 1.16. The van der Waals surface area contributed by atoms with Crippen molar-refractivity contribution in [1.82, 2.24) is 9.80 Å². The van der Waals surface area contributed by atoms with Crippen LogP contribution in [0.15, 0.2) is 30.3 Å². The Labute approximate surface area is 126 Å². The van der Waals surface area contributed by atoms with E-state index in [1.807, 2.05) is 30.3 Å². The SMILES string of the molecule is CN(C)C(=O)[Se]C([Se]C(=O)N(C)C)c1ccccc1. The van der Waals surface area contributed by atoms with E-state index in [1.165, 1.54) is 0 Å². The number of nitrogens with zero attached hydrogens (tertiary/aromatic N) is 2. The number of hydrogen-bond acceptors (Lipinski definition) is 2. The summed E-state index contributed by atoms with van der Waals surface area (Å²) in [6.45, 7) is 0. The van der Waals surface area contributed by atoms with Crippen molar-refractivity contribution in [2.24, 2.45) is 0 Å². The number of amides is 2. The molecule has 0 saturated carbocycles. The molecule has 6 heteroatoms. The summed E-state index contributed by atoms with van der Waals surface area (Å²) >= 11 is -0.479. The van der Waals surface area contributed by atoms with Crippen molar-refractivity contribution in [1.29, 1.82) is 0 Å². The first kappa shape index (κ1) is 16.3. The summed E-state index contributed by atoms with van der Waals surface area (Å²) < 4.78 is 0.0611. The average molecular weight is 392 g/mol. The standard InChI is InChI=1S/C13H18N2O2Se2/c1-14(2)12(16)18-11(19-13(17)15(3)4)10-8-6-5-7-9-10/h5-9,11H,1-4H3. The zero-order valence-corrected chi connectivity index (χ0v) is 14.9. The zero-order valence-electron chi connectivity index (χ0n) is 11.5. The van der Waals surface area contributed by atoms with Crippen LogP contribution in [-0.2, 0) is 0 Å². The number of carbonyl (C=O) groups excluding carboxylic acids is 2. The van der Waals surface area contributed by atoms with Crippen LogP contribution < -0.4 is 0 Å². The molecule has 0 heterocycles. The first-order valence-electron chi connectivity index (χ1n) is 5.72. The number of benzene rings is 1. The molecule has 0 radical (unpaired) electrons. The zero-order chi connectivity index (χ0) is 14.4. The minimum atomic E-state index is -0.240. The Morgan fingerprint density at radius 2 is 1.32 bits per heavy atom. The van der Waals surface area contributed by atoms with Gasteiger partial charge < -0.3 is 0 Å². The number of rotatable bonds is 5. The molecule has 19 heavy (non-hydrogen) atoms. The quantitative estimate of drug-likeness (QED) is 0.712. The third-order valence-electron chi connectivity index (χ3n) is 2.22. The first-order chi connectivity index (χ1) is 8.91. The summed E-state index contributed by atoms with van der Waals surface area (Å²) in [5, 5.41) is 0. The average Bonchev–Trinajstić information content (AvgIpc) is 2.38. The molecule has 1 aromatic carbocycles. The molecule has 1 rings (SSSR count). The van der Waals surface area contributed by atoms with Gasteiger partial charge in [0.15, 0.2) is 0 Å². The molecule has 0 fully saturated rings. The second-order valence-electron chi connectivity index (χ2n) is 4.30. The molecule has 4 nitrogen and oxygen atoms in total. The summed E-state index contributed by atoms with van der Waals surface area (Å²) in [4.78, 5) is 27.3. The third kappa shape index (κ3) is 5.37. The van der Waals surface area contributed by atoms with Gasteiger partial charge in [-0.1, -0.05) is 0 Å². The van der Waals surface area contributed by atoms with E-state index in [9.17, 15) is 9.59 Å². The molecule has 0 atom stereocenters. The number of carbonyl (C=O) groups is 2. The Hall–Kier alpha value is -0.801. The van der Waals surface area contributed by atoms with E-state index in [0.29, 0.717) is 0 Å². The van der Waals surface area contributed by atoms with E-state index in [2.05, 4.69) is 0 Å². The van der Waals surface area contributed by atoms with Crippen LogP contribution >= 0.6 is 0 Å². The van der Waals surface area contributed by atoms with E-state index >= 15 is 0 Å². The molecular weight excluding hydrogens is 374 g/mol. The van der Waals surface area contributed by atoms with Crippen molar-refractivity contribution in [2.75, 3.05) is 28.2 Å². The van der Waals surface area contributed by atoms with Crippen LogP contribution in [0.2, 0.25) is 0 Å². The molecule has 0 aliphatic rings. The molecule has 0 aliphatic heterocycles. The van der Waals surface area contributed by atoms with Crippen LogP contribution in [0.4, 0.5) is 9.59 Å². The van der Waals surface area contributed by atoms with Gasteiger partial charge in [-0.2, -0.15) is 0 Å². The Balaban J connectivity index is 2.85. The molecule has 0 aliphatic carbocycles. The van der Waals surface area contributed by atoms with Gasteiger partial charge in [-0.15, -0.1) is 0 Å². The molecule has 0 N–H and O–H groups in total. The second-order valence-corrected chi connectivity index (χ2v) is 10.2. The van der Waals surface area contributed by atoms with Crippen LogP contribution in [0.1, 0.15) is 9.28 Å². The van der Waals surface area contributed by atoms with Gasteiger partial charge in [-0.05, 0) is 0 Å². The number of hydrogen-bond donors (Lipinski definition) is 0.